The molecule has 0 atom stereocenters. The van der Waals surface area contributed by atoms with Gasteiger partial charge in [-0.1, -0.05) is 58.4 Å². The average molecular weight is 568 g/mol. The van der Waals surface area contributed by atoms with E-state index in [0.717, 1.165) is 9.86 Å². The molecule has 8 heteroatoms. The molecule has 6 rings (SSSR count). The van der Waals surface area contributed by atoms with Gasteiger partial charge >= 0.3 is 0 Å². The number of benzene rings is 4. The van der Waals surface area contributed by atoms with Crippen LogP contribution in [0, 0.1) is 5.82 Å². The fourth-order valence-corrected chi connectivity index (χ4v) is 4.48. The number of ether oxygens (including phenoxy) is 1. The Balaban J connectivity index is 1.38. The molecular weight excluding hydrogens is 549 g/mol. The summed E-state index contributed by atoms with van der Waals surface area (Å²) in [7, 11) is 0. The molecule has 0 aliphatic rings. The van der Waals surface area contributed by atoms with Crippen LogP contribution in [0.2, 0.25) is 0 Å². The van der Waals surface area contributed by atoms with Crippen molar-refractivity contribution in [1.82, 2.24) is 9.66 Å². The van der Waals surface area contributed by atoms with Crippen molar-refractivity contribution < 1.29 is 13.5 Å². The fourth-order valence-electron chi connectivity index (χ4n) is 4.10. The van der Waals surface area contributed by atoms with Crippen molar-refractivity contribution in [2.24, 2.45) is 5.10 Å². The number of hydrogen-bond donors (Lipinski definition) is 0. The van der Waals surface area contributed by atoms with Crippen molar-refractivity contribution in [3.05, 3.63) is 129 Å². The minimum absolute atomic E-state index is 0.0909. The molecule has 0 radical (unpaired) electrons. The summed E-state index contributed by atoms with van der Waals surface area (Å²) in [5.74, 6) is 0.924. The van der Waals surface area contributed by atoms with Gasteiger partial charge in [0.15, 0.2) is 5.76 Å². The Morgan fingerprint density at radius 1 is 0.974 bits per heavy atom. The van der Waals surface area contributed by atoms with Gasteiger partial charge in [0.05, 0.1) is 17.1 Å². The summed E-state index contributed by atoms with van der Waals surface area (Å²) in [5.41, 5.74) is 2.04. The summed E-state index contributed by atoms with van der Waals surface area (Å²) in [5, 5.41) is 5.80. The molecule has 0 unspecified atom stereocenters. The lowest BCUT2D eigenvalue weighted by atomic mass is 10.2. The van der Waals surface area contributed by atoms with Gasteiger partial charge in [0, 0.05) is 15.4 Å². The number of para-hydroxylation sites is 1. The van der Waals surface area contributed by atoms with Crippen molar-refractivity contribution in [3.63, 3.8) is 0 Å². The average Bonchev–Trinajstić information content (AvgIpc) is 3.35. The summed E-state index contributed by atoms with van der Waals surface area (Å²) in [4.78, 5) is 18.2. The summed E-state index contributed by atoms with van der Waals surface area (Å²) in [6.45, 7) is 0.0909. The zero-order chi connectivity index (χ0) is 26.1. The number of furan rings is 1. The molecule has 0 spiro atoms. The van der Waals surface area contributed by atoms with Crippen molar-refractivity contribution in [2.45, 2.75) is 6.61 Å². The molecule has 0 saturated heterocycles. The van der Waals surface area contributed by atoms with Gasteiger partial charge in [0.2, 0.25) is 5.82 Å². The highest BCUT2D eigenvalue weighted by Crippen LogP contribution is 2.29. The summed E-state index contributed by atoms with van der Waals surface area (Å²) in [6.07, 6.45) is 1.55. The molecule has 2 aromatic heterocycles. The van der Waals surface area contributed by atoms with Crippen LogP contribution in [-0.2, 0) is 6.61 Å². The van der Waals surface area contributed by atoms with E-state index in [1.165, 1.54) is 10.7 Å². The van der Waals surface area contributed by atoms with Crippen LogP contribution in [0.25, 0.3) is 33.5 Å². The Kier molecular flexibility index (Phi) is 6.31. The van der Waals surface area contributed by atoms with E-state index in [9.17, 15) is 9.18 Å². The smallest absolute Gasteiger partial charge is 0.282 e. The van der Waals surface area contributed by atoms with Gasteiger partial charge in [-0.15, -0.1) is 0 Å². The van der Waals surface area contributed by atoms with E-state index in [4.69, 9.17) is 14.1 Å². The molecule has 0 saturated carbocycles. The molecule has 38 heavy (non-hydrogen) atoms. The lowest BCUT2D eigenvalue weighted by Crippen LogP contribution is -2.20. The molecule has 0 aliphatic heterocycles. The molecule has 0 bridgehead atoms. The highest BCUT2D eigenvalue weighted by atomic mass is 79.9. The Morgan fingerprint density at radius 3 is 2.71 bits per heavy atom. The van der Waals surface area contributed by atoms with Gasteiger partial charge in [-0.3, -0.25) is 4.79 Å². The highest BCUT2D eigenvalue weighted by Gasteiger charge is 2.16. The van der Waals surface area contributed by atoms with Gasteiger partial charge < -0.3 is 9.15 Å². The molecule has 0 fully saturated rings. The van der Waals surface area contributed by atoms with Gasteiger partial charge in [-0.05, 0) is 60.2 Å². The van der Waals surface area contributed by atoms with Crippen molar-refractivity contribution in [2.75, 3.05) is 0 Å². The molecule has 6 aromatic rings. The minimum Gasteiger partial charge on any atom is -0.489 e. The van der Waals surface area contributed by atoms with Crippen molar-refractivity contribution in [3.8, 4) is 17.3 Å². The third-order valence-electron chi connectivity index (χ3n) is 5.99. The zero-order valence-electron chi connectivity index (χ0n) is 19.8. The Hall–Kier alpha value is -4.56. The van der Waals surface area contributed by atoms with Crippen LogP contribution in [0.4, 0.5) is 4.39 Å². The predicted octanol–water partition coefficient (Wildman–Crippen LogP) is 7.17. The molecule has 2 heterocycles. The molecule has 6 nitrogen and oxygen atoms in total. The second-order valence-corrected chi connectivity index (χ2v) is 9.48. The van der Waals surface area contributed by atoms with Gasteiger partial charge in [0.25, 0.3) is 5.56 Å². The van der Waals surface area contributed by atoms with Crippen LogP contribution in [-0.4, -0.2) is 15.9 Å². The van der Waals surface area contributed by atoms with E-state index in [1.54, 1.807) is 60.8 Å². The van der Waals surface area contributed by atoms with Crippen LogP contribution < -0.4 is 10.3 Å². The normalized spacial score (nSPS) is 11.5. The second kappa shape index (κ2) is 10.1. The minimum atomic E-state index is -0.324. The van der Waals surface area contributed by atoms with E-state index in [0.29, 0.717) is 39.1 Å². The number of nitrogens with zero attached hydrogens (tertiary/aromatic N) is 3. The molecule has 4 aromatic carbocycles. The number of fused-ring (bicyclic) bond motifs is 2. The lowest BCUT2D eigenvalue weighted by molar-refractivity contribution is 0.300. The van der Waals surface area contributed by atoms with Crippen LogP contribution in [0.1, 0.15) is 11.1 Å². The predicted molar refractivity (Wildman–Crippen MR) is 149 cm³/mol. The first kappa shape index (κ1) is 23.8. The summed E-state index contributed by atoms with van der Waals surface area (Å²) < 4.78 is 27.9. The van der Waals surface area contributed by atoms with E-state index >= 15 is 0 Å². The Labute approximate surface area is 224 Å². The van der Waals surface area contributed by atoms with Gasteiger partial charge in [0.1, 0.15) is 23.8 Å². The van der Waals surface area contributed by atoms with E-state index in [2.05, 4.69) is 21.0 Å². The first-order chi connectivity index (χ1) is 18.5. The summed E-state index contributed by atoms with van der Waals surface area (Å²) in [6, 6.07) is 28.3. The lowest BCUT2D eigenvalue weighted by Gasteiger charge is -2.08. The molecule has 186 valence electrons. The maximum atomic E-state index is 13.9. The maximum Gasteiger partial charge on any atom is 0.282 e. The topological polar surface area (TPSA) is 69.6 Å². The maximum absolute atomic E-state index is 13.9. The first-order valence-electron chi connectivity index (χ1n) is 11.8. The quantitative estimate of drug-likeness (QED) is 0.200. The number of hydrogen-bond acceptors (Lipinski definition) is 5. The van der Waals surface area contributed by atoms with Gasteiger partial charge in [-0.2, -0.15) is 9.78 Å². The first-order valence-corrected chi connectivity index (χ1v) is 12.6. The van der Waals surface area contributed by atoms with Gasteiger partial charge in [-0.25, -0.2) is 9.37 Å². The summed E-state index contributed by atoms with van der Waals surface area (Å²) >= 11 is 3.48. The van der Waals surface area contributed by atoms with E-state index < -0.39 is 0 Å². The van der Waals surface area contributed by atoms with Crippen LogP contribution in [0.15, 0.2) is 116 Å². The largest absolute Gasteiger partial charge is 0.489 e. The molecule has 0 aliphatic carbocycles. The number of rotatable bonds is 6. The van der Waals surface area contributed by atoms with Crippen molar-refractivity contribution >= 4 is 44.0 Å². The number of halogens is 2. The van der Waals surface area contributed by atoms with E-state index in [1.807, 2.05) is 36.4 Å². The van der Waals surface area contributed by atoms with Crippen molar-refractivity contribution in [1.29, 1.82) is 0 Å². The van der Waals surface area contributed by atoms with Crippen LogP contribution in [0.5, 0.6) is 5.75 Å². The third kappa shape index (κ3) is 4.73. The molecular formula is C30H19BrFN3O3. The Bertz CT molecular complexity index is 1890. The van der Waals surface area contributed by atoms with Crippen LogP contribution in [0.3, 0.4) is 0 Å². The molecule has 0 N–H and O–H groups in total. The zero-order valence-corrected chi connectivity index (χ0v) is 21.4. The van der Waals surface area contributed by atoms with E-state index in [-0.39, 0.29) is 23.8 Å². The SMILES string of the molecule is O=c1c2ccccc2nc(-c2cc3cc(Br)ccc3o2)n1N=Cc1cccc(OCc2ccccc2F)c1. The monoisotopic (exact) mass is 567 g/mol. The standard InChI is InChI=1S/C30H19BrFN3O3/c31-22-12-13-27-21(15-22)16-28(38-27)29-34-26-11-4-2-9-24(26)30(36)35(29)33-17-19-6-5-8-23(14-19)37-18-20-7-1-3-10-25(20)32/h1-17H,18H2. The fraction of sp³-hybridized carbons (Fsp3) is 0.0333. The third-order valence-corrected chi connectivity index (χ3v) is 6.48. The number of aromatic nitrogens is 2. The molecule has 0 amide bonds. The van der Waals surface area contributed by atoms with Crippen LogP contribution >= 0.6 is 15.9 Å². The highest BCUT2D eigenvalue weighted by molar-refractivity contribution is 9.10. The Morgan fingerprint density at radius 2 is 1.82 bits per heavy atom. The second-order valence-electron chi connectivity index (χ2n) is 8.56.